The fraction of sp³-hybridized carbons (Fsp3) is 0.579. The average Bonchev–Trinajstić information content (AvgIpc) is 2.59. The van der Waals surface area contributed by atoms with Crippen LogP contribution in [0.25, 0.3) is 0 Å². The SMILES string of the molecule is O=C(COC(=O)C12C[C@H]3C[C@@H](CC(Br)(C3)C1)C2)Nc1cc([N+](=O)[O-])ccc1F. The minimum Gasteiger partial charge on any atom is -0.455 e. The molecule has 0 heterocycles. The van der Waals surface area contributed by atoms with Crippen LogP contribution in [0, 0.1) is 33.2 Å². The first-order valence-electron chi connectivity index (χ1n) is 9.28. The molecule has 9 heteroatoms. The first-order valence-corrected chi connectivity index (χ1v) is 10.1. The van der Waals surface area contributed by atoms with Gasteiger partial charge in [0.05, 0.1) is 16.0 Å². The molecule has 1 N–H and O–H groups in total. The van der Waals surface area contributed by atoms with Crippen molar-refractivity contribution in [2.24, 2.45) is 17.3 Å². The van der Waals surface area contributed by atoms with Crippen LogP contribution in [0.4, 0.5) is 15.8 Å². The molecule has 7 nitrogen and oxygen atoms in total. The summed E-state index contributed by atoms with van der Waals surface area (Å²) in [5.41, 5.74) is -1.21. The van der Waals surface area contributed by atoms with Crippen LogP contribution in [0.5, 0.6) is 0 Å². The fourth-order valence-corrected chi connectivity index (χ4v) is 7.04. The van der Waals surface area contributed by atoms with E-state index in [1.807, 2.05) is 0 Å². The number of non-ortho nitro benzene ring substituents is 1. The average molecular weight is 455 g/mol. The second-order valence-corrected chi connectivity index (χ2v) is 10.1. The molecular formula is C19H20BrFN2O5. The summed E-state index contributed by atoms with van der Waals surface area (Å²) in [6.45, 7) is -0.548. The van der Waals surface area contributed by atoms with Crippen molar-refractivity contribution in [3.8, 4) is 0 Å². The quantitative estimate of drug-likeness (QED) is 0.314. The van der Waals surface area contributed by atoms with Crippen molar-refractivity contribution < 1.29 is 23.6 Å². The molecule has 0 aliphatic heterocycles. The Morgan fingerprint density at radius 1 is 1.29 bits per heavy atom. The van der Waals surface area contributed by atoms with Crippen molar-refractivity contribution in [2.45, 2.75) is 42.8 Å². The van der Waals surface area contributed by atoms with Gasteiger partial charge in [0.2, 0.25) is 0 Å². The zero-order valence-corrected chi connectivity index (χ0v) is 16.7. The van der Waals surface area contributed by atoms with Gasteiger partial charge < -0.3 is 10.1 Å². The van der Waals surface area contributed by atoms with Crippen molar-refractivity contribution >= 4 is 39.2 Å². The lowest BCUT2D eigenvalue weighted by atomic mass is 9.49. The number of hydrogen-bond donors (Lipinski definition) is 1. The molecule has 0 aromatic heterocycles. The number of nitro benzene ring substituents is 1. The van der Waals surface area contributed by atoms with Crippen LogP contribution in [0.2, 0.25) is 0 Å². The maximum Gasteiger partial charge on any atom is 0.312 e. The van der Waals surface area contributed by atoms with Crippen LogP contribution < -0.4 is 5.32 Å². The van der Waals surface area contributed by atoms with Gasteiger partial charge in [-0.05, 0) is 56.4 Å². The molecule has 4 aliphatic rings. The van der Waals surface area contributed by atoms with Crippen LogP contribution in [-0.4, -0.2) is 27.7 Å². The highest BCUT2D eigenvalue weighted by Crippen LogP contribution is 2.64. The van der Waals surface area contributed by atoms with Crippen molar-refractivity contribution in [1.82, 2.24) is 0 Å². The molecule has 4 saturated carbocycles. The van der Waals surface area contributed by atoms with Crippen LogP contribution in [0.1, 0.15) is 38.5 Å². The highest BCUT2D eigenvalue weighted by atomic mass is 79.9. The number of ether oxygens (including phenoxy) is 1. The Hall–Kier alpha value is -2.03. The number of carbonyl (C=O) groups excluding carboxylic acids is 2. The Morgan fingerprint density at radius 3 is 2.57 bits per heavy atom. The van der Waals surface area contributed by atoms with Crippen LogP contribution in [0.3, 0.4) is 0 Å². The third-order valence-electron chi connectivity index (χ3n) is 6.19. The van der Waals surface area contributed by atoms with E-state index in [9.17, 15) is 24.1 Å². The smallest absolute Gasteiger partial charge is 0.312 e. The molecule has 4 fully saturated rings. The number of esters is 1. The molecule has 4 aliphatic carbocycles. The molecule has 28 heavy (non-hydrogen) atoms. The van der Waals surface area contributed by atoms with Crippen molar-refractivity contribution in [2.75, 3.05) is 11.9 Å². The first-order chi connectivity index (χ1) is 13.2. The number of nitrogens with zero attached hydrogens (tertiary/aromatic N) is 1. The second kappa shape index (κ2) is 6.79. The normalized spacial score (nSPS) is 32.8. The lowest BCUT2D eigenvalue weighted by Gasteiger charge is -2.58. The van der Waals surface area contributed by atoms with Gasteiger partial charge in [0.25, 0.3) is 11.6 Å². The maximum absolute atomic E-state index is 13.8. The van der Waals surface area contributed by atoms with Crippen molar-refractivity contribution in [3.05, 3.63) is 34.1 Å². The van der Waals surface area contributed by atoms with Gasteiger partial charge in [0.15, 0.2) is 6.61 Å². The summed E-state index contributed by atoms with van der Waals surface area (Å²) < 4.78 is 19.1. The van der Waals surface area contributed by atoms with Gasteiger partial charge in [-0.25, -0.2) is 4.39 Å². The largest absolute Gasteiger partial charge is 0.455 e. The summed E-state index contributed by atoms with van der Waals surface area (Å²) in [5, 5.41) is 13.0. The molecular weight excluding hydrogens is 435 g/mol. The maximum atomic E-state index is 13.8. The monoisotopic (exact) mass is 454 g/mol. The van der Waals surface area contributed by atoms with Crippen LogP contribution in [0.15, 0.2) is 18.2 Å². The molecule has 1 aromatic carbocycles. The summed E-state index contributed by atoms with van der Waals surface area (Å²) >= 11 is 3.83. The highest BCUT2D eigenvalue weighted by Gasteiger charge is 2.60. The minimum atomic E-state index is -0.799. The van der Waals surface area contributed by atoms with E-state index in [-0.39, 0.29) is 21.7 Å². The fourth-order valence-electron chi connectivity index (χ4n) is 5.58. The predicted molar refractivity (Wildman–Crippen MR) is 101 cm³/mol. The van der Waals surface area contributed by atoms with E-state index in [4.69, 9.17) is 4.74 Å². The van der Waals surface area contributed by atoms with E-state index in [1.54, 1.807) is 0 Å². The Balaban J connectivity index is 1.38. The Bertz CT molecular complexity index is 847. The molecule has 5 rings (SSSR count). The number of nitro groups is 1. The third-order valence-corrected chi connectivity index (χ3v) is 7.12. The molecule has 2 atom stereocenters. The molecule has 4 bridgehead atoms. The van der Waals surface area contributed by atoms with Crippen LogP contribution in [-0.2, 0) is 14.3 Å². The Kier molecular flexibility index (Phi) is 4.68. The summed E-state index contributed by atoms with van der Waals surface area (Å²) in [6.07, 6.45) is 5.59. The molecule has 0 unspecified atom stereocenters. The molecule has 150 valence electrons. The number of halogens is 2. The summed E-state index contributed by atoms with van der Waals surface area (Å²) in [5.74, 6) is -0.902. The number of amides is 1. The Morgan fingerprint density at radius 2 is 1.96 bits per heavy atom. The number of rotatable bonds is 5. The predicted octanol–water partition coefficient (Wildman–Crippen LogP) is 3.95. The number of alkyl halides is 1. The van der Waals surface area contributed by atoms with E-state index in [0.29, 0.717) is 18.3 Å². The lowest BCUT2D eigenvalue weighted by molar-refractivity contribution is -0.384. The van der Waals surface area contributed by atoms with Crippen LogP contribution >= 0.6 is 15.9 Å². The summed E-state index contributed by atoms with van der Waals surface area (Å²) in [6, 6.07) is 2.85. The Labute approximate surface area is 169 Å². The van der Waals surface area contributed by atoms with Gasteiger partial charge in [-0.1, -0.05) is 15.9 Å². The third kappa shape index (κ3) is 3.52. The van der Waals surface area contributed by atoms with Gasteiger partial charge in [0, 0.05) is 16.5 Å². The van der Waals surface area contributed by atoms with E-state index >= 15 is 0 Å². The number of anilines is 1. The zero-order chi connectivity index (χ0) is 20.1. The van der Waals surface area contributed by atoms with Gasteiger partial charge in [-0.15, -0.1) is 0 Å². The zero-order valence-electron chi connectivity index (χ0n) is 15.1. The lowest BCUT2D eigenvalue weighted by Crippen LogP contribution is -2.56. The standard InChI is InChI=1S/C19H20BrFN2O5/c20-19-7-11-3-12(8-19)6-18(5-11,10-19)17(25)28-9-16(24)22-15-4-13(23(26)27)1-2-14(15)21/h1-2,4,11-12H,3,5-10H2,(H,22,24)/t11-,12-,18?,19?/m1/s1. The van der Waals surface area contributed by atoms with E-state index in [0.717, 1.165) is 50.3 Å². The van der Waals surface area contributed by atoms with Gasteiger partial charge in [0.1, 0.15) is 5.82 Å². The van der Waals surface area contributed by atoms with Gasteiger partial charge in [-0.3, -0.25) is 19.7 Å². The number of carbonyl (C=O) groups is 2. The summed E-state index contributed by atoms with van der Waals surface area (Å²) in [7, 11) is 0. The van der Waals surface area contributed by atoms with E-state index in [2.05, 4.69) is 21.2 Å². The second-order valence-electron chi connectivity index (χ2n) is 8.44. The van der Waals surface area contributed by atoms with E-state index in [1.165, 1.54) is 0 Å². The number of benzene rings is 1. The number of nitrogens with one attached hydrogen (secondary N) is 1. The van der Waals surface area contributed by atoms with E-state index < -0.39 is 28.7 Å². The van der Waals surface area contributed by atoms with Gasteiger partial charge in [-0.2, -0.15) is 0 Å². The molecule has 1 amide bonds. The highest BCUT2D eigenvalue weighted by molar-refractivity contribution is 9.10. The molecule has 0 radical (unpaired) electrons. The number of hydrogen-bond acceptors (Lipinski definition) is 5. The molecule has 1 aromatic rings. The topological polar surface area (TPSA) is 98.5 Å². The van der Waals surface area contributed by atoms with Crippen molar-refractivity contribution in [1.29, 1.82) is 0 Å². The minimum absolute atomic E-state index is 0.00946. The molecule has 0 saturated heterocycles. The first kappa shape index (κ1) is 19.3. The van der Waals surface area contributed by atoms with Gasteiger partial charge >= 0.3 is 5.97 Å². The molecule has 0 spiro atoms. The summed E-state index contributed by atoms with van der Waals surface area (Å²) in [4.78, 5) is 35.0. The van der Waals surface area contributed by atoms with Crippen molar-refractivity contribution in [3.63, 3.8) is 0 Å².